The second kappa shape index (κ2) is 7.89. The van der Waals surface area contributed by atoms with Crippen LogP contribution in [0.1, 0.15) is 16.7 Å². The lowest BCUT2D eigenvalue weighted by atomic mass is 9.97. The largest absolute Gasteiger partial charge is 0.497 e. The van der Waals surface area contributed by atoms with Crippen molar-refractivity contribution in [2.45, 2.75) is 20.0 Å². The van der Waals surface area contributed by atoms with Gasteiger partial charge in [-0.15, -0.1) is 0 Å². The van der Waals surface area contributed by atoms with Crippen LogP contribution in [-0.4, -0.2) is 23.7 Å². The summed E-state index contributed by atoms with van der Waals surface area (Å²) in [4.78, 5) is 19.3. The maximum atomic E-state index is 13.0. The van der Waals surface area contributed by atoms with Crippen LogP contribution in [0, 0.1) is 6.92 Å². The number of methoxy groups -OCH3 is 1. The molecule has 0 saturated carbocycles. The molecule has 0 unspecified atom stereocenters. The zero-order chi connectivity index (χ0) is 21.4. The Bertz CT molecular complexity index is 1300. The van der Waals surface area contributed by atoms with Crippen LogP contribution < -0.4 is 15.1 Å². The third kappa shape index (κ3) is 3.55. The molecule has 0 aliphatic carbocycles. The van der Waals surface area contributed by atoms with E-state index in [-0.39, 0.29) is 5.63 Å². The van der Waals surface area contributed by atoms with Gasteiger partial charge in [0.15, 0.2) is 0 Å². The van der Waals surface area contributed by atoms with Crippen LogP contribution in [0.25, 0.3) is 22.1 Å². The first-order valence-electron chi connectivity index (χ1n) is 10.1. The van der Waals surface area contributed by atoms with Crippen molar-refractivity contribution in [1.82, 2.24) is 9.88 Å². The van der Waals surface area contributed by atoms with Crippen molar-refractivity contribution in [1.29, 1.82) is 0 Å². The Kier molecular flexibility index (Phi) is 4.92. The van der Waals surface area contributed by atoms with Crippen LogP contribution in [0.2, 0.25) is 0 Å². The molecule has 0 radical (unpaired) electrons. The molecule has 6 nitrogen and oxygen atoms in total. The number of benzene rings is 2. The molecule has 1 aliphatic rings. The van der Waals surface area contributed by atoms with Crippen molar-refractivity contribution in [3.8, 4) is 22.6 Å². The third-order valence-electron chi connectivity index (χ3n) is 5.69. The highest BCUT2D eigenvalue weighted by molar-refractivity contribution is 5.90. The summed E-state index contributed by atoms with van der Waals surface area (Å²) in [6.07, 6.45) is 3.61. The average Bonchev–Trinajstić information content (AvgIpc) is 2.80. The minimum Gasteiger partial charge on any atom is -0.497 e. The Labute approximate surface area is 179 Å². The number of ether oxygens (including phenoxy) is 2. The van der Waals surface area contributed by atoms with Gasteiger partial charge in [-0.25, -0.2) is 4.79 Å². The van der Waals surface area contributed by atoms with E-state index < -0.39 is 0 Å². The zero-order valence-corrected chi connectivity index (χ0v) is 17.4. The highest BCUT2D eigenvalue weighted by atomic mass is 16.5. The molecule has 6 heteroatoms. The molecule has 156 valence electrons. The van der Waals surface area contributed by atoms with Crippen LogP contribution >= 0.6 is 0 Å². The lowest BCUT2D eigenvalue weighted by Crippen LogP contribution is -2.31. The van der Waals surface area contributed by atoms with Crippen molar-refractivity contribution in [3.05, 3.63) is 88.0 Å². The van der Waals surface area contributed by atoms with E-state index in [1.54, 1.807) is 13.3 Å². The van der Waals surface area contributed by atoms with E-state index in [2.05, 4.69) is 9.88 Å². The molecule has 0 bridgehead atoms. The van der Waals surface area contributed by atoms with Gasteiger partial charge in [-0.1, -0.05) is 18.2 Å². The van der Waals surface area contributed by atoms with E-state index in [9.17, 15) is 4.79 Å². The summed E-state index contributed by atoms with van der Waals surface area (Å²) < 4.78 is 17.1. The second-order valence-electron chi connectivity index (χ2n) is 7.66. The molecule has 4 aromatic rings. The number of aromatic nitrogens is 1. The minimum absolute atomic E-state index is 0.354. The Morgan fingerprint density at radius 3 is 2.71 bits per heavy atom. The Balaban J connectivity index is 1.56. The number of rotatable bonds is 4. The van der Waals surface area contributed by atoms with Gasteiger partial charge in [-0.2, -0.15) is 0 Å². The van der Waals surface area contributed by atoms with Gasteiger partial charge in [-0.05, 0) is 53.9 Å². The SMILES string of the molecule is COc1ccc(-c2c(C)c3ccc4c(c3oc2=O)CN(Cc2cccnc2)CO4)cc1. The molecular weight excluding hydrogens is 392 g/mol. The standard InChI is InChI=1S/C25H22N2O4/c1-16-20-9-10-22-21(14-27(15-30-22)13-17-4-3-11-26-12-17)24(20)31-25(28)23(16)18-5-7-19(29-2)8-6-18/h3-12H,13-15H2,1-2H3. The first-order chi connectivity index (χ1) is 15.1. The molecule has 3 heterocycles. The van der Waals surface area contributed by atoms with Crippen molar-refractivity contribution in [2.75, 3.05) is 13.8 Å². The molecule has 2 aromatic carbocycles. The van der Waals surface area contributed by atoms with Crippen molar-refractivity contribution in [3.63, 3.8) is 0 Å². The number of pyridine rings is 1. The zero-order valence-electron chi connectivity index (χ0n) is 17.4. The summed E-state index contributed by atoms with van der Waals surface area (Å²) in [6, 6.07) is 15.3. The molecule has 0 atom stereocenters. The summed E-state index contributed by atoms with van der Waals surface area (Å²) in [5.74, 6) is 1.50. The summed E-state index contributed by atoms with van der Waals surface area (Å²) in [5.41, 5.74) is 4.51. The Hall–Kier alpha value is -3.64. The van der Waals surface area contributed by atoms with Crippen molar-refractivity contribution in [2.24, 2.45) is 0 Å². The third-order valence-corrected chi connectivity index (χ3v) is 5.69. The number of nitrogens with zero attached hydrogens (tertiary/aromatic N) is 2. The van der Waals surface area contributed by atoms with E-state index >= 15 is 0 Å². The number of fused-ring (bicyclic) bond motifs is 3. The van der Waals surface area contributed by atoms with Gasteiger partial charge in [0.05, 0.1) is 18.2 Å². The van der Waals surface area contributed by atoms with Gasteiger partial charge in [0, 0.05) is 30.9 Å². The highest BCUT2D eigenvalue weighted by Gasteiger charge is 2.24. The van der Waals surface area contributed by atoms with Crippen LogP contribution in [0.4, 0.5) is 0 Å². The quantitative estimate of drug-likeness (QED) is 0.458. The van der Waals surface area contributed by atoms with Gasteiger partial charge in [-0.3, -0.25) is 9.88 Å². The molecule has 1 aliphatic heterocycles. The molecule has 5 rings (SSSR count). The minimum atomic E-state index is -0.354. The lowest BCUT2D eigenvalue weighted by Gasteiger charge is -2.29. The normalized spacial score (nSPS) is 13.6. The van der Waals surface area contributed by atoms with Gasteiger partial charge >= 0.3 is 5.63 Å². The predicted molar refractivity (Wildman–Crippen MR) is 118 cm³/mol. The van der Waals surface area contributed by atoms with Crippen molar-refractivity contribution < 1.29 is 13.9 Å². The topological polar surface area (TPSA) is 64.8 Å². The molecule has 0 N–H and O–H groups in total. The first-order valence-corrected chi connectivity index (χ1v) is 10.1. The fourth-order valence-electron chi connectivity index (χ4n) is 4.11. The molecule has 0 amide bonds. The highest BCUT2D eigenvalue weighted by Crippen LogP contribution is 2.36. The van der Waals surface area contributed by atoms with E-state index in [0.717, 1.165) is 39.1 Å². The first kappa shape index (κ1) is 19.3. The van der Waals surface area contributed by atoms with E-state index in [4.69, 9.17) is 13.9 Å². The smallest absolute Gasteiger partial charge is 0.344 e. The fraction of sp³-hybridized carbons (Fsp3) is 0.200. The van der Waals surface area contributed by atoms with Crippen molar-refractivity contribution >= 4 is 11.0 Å². The summed E-state index contributed by atoms with van der Waals surface area (Å²) in [6.45, 7) is 3.77. The predicted octanol–water partition coefficient (Wildman–Crippen LogP) is 4.52. The Morgan fingerprint density at radius 1 is 1.13 bits per heavy atom. The van der Waals surface area contributed by atoms with E-state index in [0.29, 0.717) is 31.0 Å². The summed E-state index contributed by atoms with van der Waals surface area (Å²) in [5, 5.41) is 0.913. The second-order valence-corrected chi connectivity index (χ2v) is 7.66. The molecular formula is C25H22N2O4. The lowest BCUT2D eigenvalue weighted by molar-refractivity contribution is 0.0889. The summed E-state index contributed by atoms with van der Waals surface area (Å²) in [7, 11) is 1.62. The number of hydrogen-bond acceptors (Lipinski definition) is 6. The number of aryl methyl sites for hydroxylation is 1. The molecule has 31 heavy (non-hydrogen) atoms. The summed E-state index contributed by atoms with van der Waals surface area (Å²) >= 11 is 0. The van der Waals surface area contributed by atoms with Gasteiger partial charge in [0.2, 0.25) is 0 Å². The number of hydrogen-bond donors (Lipinski definition) is 0. The van der Waals surface area contributed by atoms with E-state index in [1.165, 1.54) is 0 Å². The molecule has 0 saturated heterocycles. The monoisotopic (exact) mass is 414 g/mol. The van der Waals surface area contributed by atoms with Crippen LogP contribution in [-0.2, 0) is 13.1 Å². The van der Waals surface area contributed by atoms with E-state index in [1.807, 2.05) is 61.7 Å². The van der Waals surface area contributed by atoms with Gasteiger partial charge in [0.25, 0.3) is 0 Å². The van der Waals surface area contributed by atoms with Gasteiger partial charge < -0.3 is 13.9 Å². The van der Waals surface area contributed by atoms with Crippen LogP contribution in [0.3, 0.4) is 0 Å². The molecule has 0 spiro atoms. The Morgan fingerprint density at radius 2 is 1.97 bits per heavy atom. The van der Waals surface area contributed by atoms with Crippen LogP contribution in [0.15, 0.2) is 70.1 Å². The maximum Gasteiger partial charge on any atom is 0.344 e. The fourth-order valence-corrected chi connectivity index (χ4v) is 4.11. The molecule has 2 aromatic heterocycles. The van der Waals surface area contributed by atoms with Gasteiger partial charge in [0.1, 0.15) is 23.8 Å². The maximum absolute atomic E-state index is 13.0. The average molecular weight is 414 g/mol. The van der Waals surface area contributed by atoms with Crippen LogP contribution in [0.5, 0.6) is 11.5 Å². The molecule has 0 fully saturated rings.